The van der Waals surface area contributed by atoms with Crippen LogP contribution in [-0.4, -0.2) is 45.3 Å². The lowest BCUT2D eigenvalue weighted by Crippen LogP contribution is -2.37. The van der Waals surface area contributed by atoms with Crippen molar-refractivity contribution >= 4 is 28.9 Å². The molecule has 1 aromatic rings. The SMILES string of the molecule is O=C(CNCC1CC1)Nc1cccc(Cl)c1N1CCOCC1. The predicted molar refractivity (Wildman–Crippen MR) is 88.7 cm³/mol. The molecule has 3 rings (SSSR count). The molecule has 1 saturated carbocycles. The zero-order valence-electron chi connectivity index (χ0n) is 12.6. The summed E-state index contributed by atoms with van der Waals surface area (Å²) in [4.78, 5) is 14.3. The van der Waals surface area contributed by atoms with Crippen LogP contribution in [0.2, 0.25) is 5.02 Å². The van der Waals surface area contributed by atoms with Gasteiger partial charge < -0.3 is 20.3 Å². The number of hydrogen-bond acceptors (Lipinski definition) is 4. The van der Waals surface area contributed by atoms with Crippen LogP contribution in [0.15, 0.2) is 18.2 Å². The van der Waals surface area contributed by atoms with Gasteiger partial charge in [-0.3, -0.25) is 4.79 Å². The minimum atomic E-state index is -0.0302. The molecule has 0 atom stereocenters. The molecular weight excluding hydrogens is 302 g/mol. The average molecular weight is 324 g/mol. The minimum Gasteiger partial charge on any atom is -0.378 e. The van der Waals surface area contributed by atoms with Crippen LogP contribution >= 0.6 is 11.6 Å². The number of halogens is 1. The highest BCUT2D eigenvalue weighted by Crippen LogP contribution is 2.34. The topological polar surface area (TPSA) is 53.6 Å². The highest BCUT2D eigenvalue weighted by molar-refractivity contribution is 6.34. The Bertz CT molecular complexity index is 528. The van der Waals surface area contributed by atoms with E-state index in [0.717, 1.165) is 36.9 Å². The van der Waals surface area contributed by atoms with Gasteiger partial charge in [0.15, 0.2) is 0 Å². The molecule has 2 fully saturated rings. The van der Waals surface area contributed by atoms with Crippen molar-refractivity contribution < 1.29 is 9.53 Å². The van der Waals surface area contributed by atoms with E-state index in [0.29, 0.717) is 24.8 Å². The third kappa shape index (κ3) is 4.12. The molecule has 120 valence electrons. The lowest BCUT2D eigenvalue weighted by Gasteiger charge is -2.31. The molecule has 1 aliphatic heterocycles. The molecule has 1 aliphatic carbocycles. The summed E-state index contributed by atoms with van der Waals surface area (Å²) in [6, 6.07) is 5.61. The fourth-order valence-electron chi connectivity index (χ4n) is 2.63. The van der Waals surface area contributed by atoms with Crippen molar-refractivity contribution in [1.29, 1.82) is 0 Å². The number of ether oxygens (including phenoxy) is 1. The largest absolute Gasteiger partial charge is 0.378 e. The molecule has 2 aliphatic rings. The highest BCUT2D eigenvalue weighted by Gasteiger charge is 2.21. The van der Waals surface area contributed by atoms with Crippen LogP contribution in [0.5, 0.6) is 0 Å². The van der Waals surface area contributed by atoms with Crippen molar-refractivity contribution in [2.45, 2.75) is 12.8 Å². The molecule has 1 heterocycles. The van der Waals surface area contributed by atoms with E-state index in [-0.39, 0.29) is 5.91 Å². The number of anilines is 2. The third-order valence-electron chi connectivity index (χ3n) is 4.00. The van der Waals surface area contributed by atoms with Gasteiger partial charge in [0.1, 0.15) is 0 Å². The van der Waals surface area contributed by atoms with Crippen LogP contribution < -0.4 is 15.5 Å². The molecule has 6 heteroatoms. The van der Waals surface area contributed by atoms with Gasteiger partial charge in [0.25, 0.3) is 0 Å². The van der Waals surface area contributed by atoms with Crippen molar-refractivity contribution in [2.75, 3.05) is 49.6 Å². The van der Waals surface area contributed by atoms with Gasteiger partial charge in [-0.1, -0.05) is 17.7 Å². The molecule has 1 aromatic carbocycles. The summed E-state index contributed by atoms with van der Waals surface area (Å²) in [5.74, 6) is 0.736. The van der Waals surface area contributed by atoms with E-state index in [1.165, 1.54) is 12.8 Å². The first-order chi connectivity index (χ1) is 10.7. The number of rotatable bonds is 6. The molecule has 5 nitrogen and oxygen atoms in total. The van der Waals surface area contributed by atoms with Crippen molar-refractivity contribution in [1.82, 2.24) is 5.32 Å². The van der Waals surface area contributed by atoms with Crippen LogP contribution in [0.1, 0.15) is 12.8 Å². The molecule has 0 radical (unpaired) electrons. The Labute approximate surface area is 136 Å². The van der Waals surface area contributed by atoms with Crippen LogP contribution in [0.4, 0.5) is 11.4 Å². The Morgan fingerprint density at radius 2 is 2.09 bits per heavy atom. The van der Waals surface area contributed by atoms with Gasteiger partial charge in [-0.2, -0.15) is 0 Å². The fourth-order valence-corrected chi connectivity index (χ4v) is 2.92. The summed E-state index contributed by atoms with van der Waals surface area (Å²) in [5.41, 5.74) is 1.66. The lowest BCUT2D eigenvalue weighted by molar-refractivity contribution is -0.115. The number of carbonyl (C=O) groups is 1. The van der Waals surface area contributed by atoms with Crippen molar-refractivity contribution in [3.8, 4) is 0 Å². The summed E-state index contributed by atoms with van der Waals surface area (Å²) >= 11 is 6.35. The van der Waals surface area contributed by atoms with E-state index >= 15 is 0 Å². The Hall–Kier alpha value is -1.30. The summed E-state index contributed by atoms with van der Waals surface area (Å²) in [7, 11) is 0. The second-order valence-corrected chi connectivity index (χ2v) is 6.27. The van der Waals surface area contributed by atoms with Gasteiger partial charge in [0.2, 0.25) is 5.91 Å². The van der Waals surface area contributed by atoms with Gasteiger partial charge in [0.05, 0.1) is 36.2 Å². The summed E-state index contributed by atoms with van der Waals surface area (Å²) < 4.78 is 5.38. The monoisotopic (exact) mass is 323 g/mol. The van der Waals surface area contributed by atoms with Gasteiger partial charge in [-0.25, -0.2) is 0 Å². The van der Waals surface area contributed by atoms with Gasteiger partial charge in [0, 0.05) is 13.1 Å². The number of para-hydroxylation sites is 1. The highest BCUT2D eigenvalue weighted by atomic mass is 35.5. The summed E-state index contributed by atoms with van der Waals surface area (Å²) in [5, 5.41) is 6.83. The second kappa shape index (κ2) is 7.31. The number of morpholine rings is 1. The molecule has 22 heavy (non-hydrogen) atoms. The van der Waals surface area contributed by atoms with Crippen molar-refractivity contribution in [3.63, 3.8) is 0 Å². The average Bonchev–Trinajstić information content (AvgIpc) is 3.32. The predicted octanol–water partition coefficient (Wildman–Crippen LogP) is 2.11. The van der Waals surface area contributed by atoms with Gasteiger partial charge in [-0.05, 0) is 37.4 Å². The fraction of sp³-hybridized carbons (Fsp3) is 0.562. The van der Waals surface area contributed by atoms with Gasteiger partial charge in [-0.15, -0.1) is 0 Å². The van der Waals surface area contributed by atoms with E-state index in [1.54, 1.807) is 0 Å². The standard InChI is InChI=1S/C16H22ClN3O2/c17-13-2-1-3-14(16(13)20-6-8-22-9-7-20)19-15(21)11-18-10-12-4-5-12/h1-3,12,18H,4-11H2,(H,19,21). The second-order valence-electron chi connectivity index (χ2n) is 5.86. The van der Waals surface area contributed by atoms with Crippen LogP contribution in [0, 0.1) is 5.92 Å². The first-order valence-electron chi connectivity index (χ1n) is 7.86. The normalized spacial score (nSPS) is 18.3. The Balaban J connectivity index is 1.63. The molecular formula is C16H22ClN3O2. The number of benzene rings is 1. The Morgan fingerprint density at radius 1 is 1.32 bits per heavy atom. The summed E-state index contributed by atoms with van der Waals surface area (Å²) in [6.07, 6.45) is 2.56. The van der Waals surface area contributed by atoms with Crippen LogP contribution in [0.25, 0.3) is 0 Å². The number of hydrogen-bond donors (Lipinski definition) is 2. The maximum absolute atomic E-state index is 12.1. The number of carbonyl (C=O) groups excluding carboxylic acids is 1. The molecule has 0 bridgehead atoms. The van der Waals surface area contributed by atoms with E-state index in [2.05, 4.69) is 15.5 Å². The third-order valence-corrected chi connectivity index (χ3v) is 4.31. The zero-order chi connectivity index (χ0) is 15.4. The van der Waals surface area contributed by atoms with Crippen LogP contribution in [0.3, 0.4) is 0 Å². The van der Waals surface area contributed by atoms with Crippen LogP contribution in [-0.2, 0) is 9.53 Å². The molecule has 0 spiro atoms. The summed E-state index contributed by atoms with van der Waals surface area (Å²) in [6.45, 7) is 4.20. The number of nitrogens with zero attached hydrogens (tertiary/aromatic N) is 1. The first kappa shape index (κ1) is 15.6. The zero-order valence-corrected chi connectivity index (χ0v) is 13.4. The van der Waals surface area contributed by atoms with E-state index in [1.807, 2.05) is 18.2 Å². The van der Waals surface area contributed by atoms with Crippen molar-refractivity contribution in [2.24, 2.45) is 5.92 Å². The number of nitrogens with one attached hydrogen (secondary N) is 2. The van der Waals surface area contributed by atoms with Crippen molar-refractivity contribution in [3.05, 3.63) is 23.2 Å². The molecule has 1 saturated heterocycles. The Kier molecular flexibility index (Phi) is 5.18. The minimum absolute atomic E-state index is 0.0302. The number of amides is 1. The molecule has 1 amide bonds. The first-order valence-corrected chi connectivity index (χ1v) is 8.23. The Morgan fingerprint density at radius 3 is 2.82 bits per heavy atom. The van der Waals surface area contributed by atoms with Gasteiger partial charge >= 0.3 is 0 Å². The quantitative estimate of drug-likeness (QED) is 0.842. The lowest BCUT2D eigenvalue weighted by atomic mass is 10.2. The van der Waals surface area contributed by atoms with E-state index in [9.17, 15) is 4.79 Å². The van der Waals surface area contributed by atoms with E-state index in [4.69, 9.17) is 16.3 Å². The molecule has 2 N–H and O–H groups in total. The smallest absolute Gasteiger partial charge is 0.238 e. The molecule has 0 unspecified atom stereocenters. The maximum Gasteiger partial charge on any atom is 0.238 e. The maximum atomic E-state index is 12.1. The molecule has 0 aromatic heterocycles. The van der Waals surface area contributed by atoms with E-state index < -0.39 is 0 Å².